The second kappa shape index (κ2) is 9.80. The number of carbonyl (C=O) groups excluding carboxylic acids is 1. The number of carbonyl (C=O) groups is 1. The molecule has 0 bridgehead atoms. The van der Waals surface area contributed by atoms with Crippen molar-refractivity contribution in [3.8, 4) is 11.5 Å². The van der Waals surface area contributed by atoms with Crippen LogP contribution in [0.3, 0.4) is 0 Å². The molecular formula is C23H31FN3O3+. The molecule has 3 N–H and O–H groups in total. The monoisotopic (exact) mass is 416 g/mol. The molecule has 2 amide bonds. The largest absolute Gasteiger partial charge is 0.493 e. The normalized spacial score (nSPS) is 18.8. The number of quaternary nitrogens is 1. The van der Waals surface area contributed by atoms with Crippen LogP contribution in [-0.4, -0.2) is 39.4 Å². The zero-order valence-corrected chi connectivity index (χ0v) is 18.0. The zero-order chi connectivity index (χ0) is 21.7. The molecule has 1 aliphatic heterocycles. The summed E-state index contributed by atoms with van der Waals surface area (Å²) in [5.41, 5.74) is 3.24. The lowest BCUT2D eigenvalue weighted by molar-refractivity contribution is -0.948. The van der Waals surface area contributed by atoms with Crippen LogP contribution in [0.5, 0.6) is 11.5 Å². The van der Waals surface area contributed by atoms with Crippen molar-refractivity contribution >= 4 is 6.03 Å². The Balaban J connectivity index is 1.97. The van der Waals surface area contributed by atoms with Crippen molar-refractivity contribution < 1.29 is 23.6 Å². The number of halogens is 1. The number of ether oxygens (including phenoxy) is 2. The number of nitrogens with one attached hydrogen (secondary N) is 3. The Kier molecular flexibility index (Phi) is 7.15. The van der Waals surface area contributed by atoms with Gasteiger partial charge in [0.25, 0.3) is 0 Å². The highest BCUT2D eigenvalue weighted by Gasteiger charge is 2.37. The lowest BCUT2D eigenvalue weighted by Gasteiger charge is -2.38. The van der Waals surface area contributed by atoms with Gasteiger partial charge in [0.2, 0.25) is 0 Å². The molecule has 162 valence electrons. The van der Waals surface area contributed by atoms with E-state index in [0.29, 0.717) is 24.6 Å². The number of benzene rings is 2. The van der Waals surface area contributed by atoms with E-state index < -0.39 is 0 Å². The van der Waals surface area contributed by atoms with Crippen molar-refractivity contribution in [2.24, 2.45) is 0 Å². The first-order valence-electron chi connectivity index (χ1n) is 10.3. The fourth-order valence-electron chi connectivity index (χ4n) is 4.35. The average molecular weight is 417 g/mol. The lowest BCUT2D eigenvalue weighted by atomic mass is 9.87. The maximum Gasteiger partial charge on any atom is 0.315 e. The summed E-state index contributed by atoms with van der Waals surface area (Å²) < 4.78 is 24.8. The molecule has 2 aromatic rings. The molecule has 0 radical (unpaired) electrons. The Labute approximate surface area is 177 Å². The third-order valence-electron chi connectivity index (χ3n) is 5.65. The number of amides is 2. The van der Waals surface area contributed by atoms with Crippen LogP contribution in [0.4, 0.5) is 9.18 Å². The highest BCUT2D eigenvalue weighted by Crippen LogP contribution is 2.35. The maximum absolute atomic E-state index is 13.8. The van der Waals surface area contributed by atoms with Gasteiger partial charge >= 0.3 is 6.03 Å². The van der Waals surface area contributed by atoms with E-state index in [2.05, 4.69) is 10.6 Å². The van der Waals surface area contributed by atoms with E-state index in [-0.39, 0.29) is 23.9 Å². The Morgan fingerprint density at radius 1 is 1.23 bits per heavy atom. The molecule has 1 unspecified atom stereocenters. The molecule has 30 heavy (non-hydrogen) atoms. The van der Waals surface area contributed by atoms with Gasteiger partial charge in [-0.05, 0) is 43.7 Å². The van der Waals surface area contributed by atoms with Crippen LogP contribution in [0.2, 0.25) is 0 Å². The highest BCUT2D eigenvalue weighted by molar-refractivity contribution is 5.74. The first-order chi connectivity index (χ1) is 14.5. The molecule has 7 heteroatoms. The van der Waals surface area contributed by atoms with Crippen LogP contribution in [0.15, 0.2) is 36.4 Å². The van der Waals surface area contributed by atoms with Gasteiger partial charge in [0.05, 0.1) is 26.8 Å². The summed E-state index contributed by atoms with van der Waals surface area (Å²) in [6, 6.07) is 10.4. The zero-order valence-electron chi connectivity index (χ0n) is 18.0. The standard InChI is InChI=1S/C23H30FN3O3/c1-5-25-23(28)26-15(2)22-19-13-21(30-4)20(29-3)12-17(19)9-10-27(22)14-16-7-6-8-18(24)11-16/h6-8,11-13,15,22H,5,9-10,14H2,1-4H3,(H2,25,26,28)/p+1/t15-,22-/m0/s1. The van der Waals surface area contributed by atoms with E-state index in [1.165, 1.54) is 16.5 Å². The van der Waals surface area contributed by atoms with Crippen molar-refractivity contribution in [2.75, 3.05) is 27.3 Å². The van der Waals surface area contributed by atoms with Crippen LogP contribution < -0.4 is 25.0 Å². The van der Waals surface area contributed by atoms with Gasteiger partial charge in [0, 0.05) is 24.1 Å². The topological polar surface area (TPSA) is 64.0 Å². The van der Waals surface area contributed by atoms with E-state index in [1.807, 2.05) is 32.0 Å². The van der Waals surface area contributed by atoms with Gasteiger partial charge in [0.1, 0.15) is 18.4 Å². The molecule has 3 rings (SSSR count). The van der Waals surface area contributed by atoms with Gasteiger partial charge in [-0.2, -0.15) is 0 Å². The van der Waals surface area contributed by atoms with Crippen molar-refractivity contribution in [3.63, 3.8) is 0 Å². The molecule has 6 nitrogen and oxygen atoms in total. The van der Waals surface area contributed by atoms with Crippen LogP contribution in [0.25, 0.3) is 0 Å². The summed E-state index contributed by atoms with van der Waals surface area (Å²) in [5, 5.41) is 5.87. The molecule has 1 heterocycles. The van der Waals surface area contributed by atoms with E-state index in [1.54, 1.807) is 26.4 Å². The second-order valence-corrected chi connectivity index (χ2v) is 7.64. The molecule has 0 fully saturated rings. The first-order valence-corrected chi connectivity index (χ1v) is 10.3. The first kappa shape index (κ1) is 21.9. The molecule has 2 aromatic carbocycles. The number of fused-ring (bicyclic) bond motifs is 1. The fraction of sp³-hybridized carbons (Fsp3) is 0.435. The quantitative estimate of drug-likeness (QED) is 0.649. The highest BCUT2D eigenvalue weighted by atomic mass is 19.1. The molecule has 0 saturated heterocycles. The summed E-state index contributed by atoms with van der Waals surface area (Å²) in [7, 11) is 3.25. The maximum atomic E-state index is 13.8. The van der Waals surface area contributed by atoms with Crippen LogP contribution in [-0.2, 0) is 13.0 Å². The number of urea groups is 1. The predicted molar refractivity (Wildman–Crippen MR) is 114 cm³/mol. The van der Waals surface area contributed by atoms with Gasteiger partial charge in [-0.1, -0.05) is 12.1 Å². The third-order valence-corrected chi connectivity index (χ3v) is 5.65. The van der Waals surface area contributed by atoms with Crippen LogP contribution in [0, 0.1) is 5.82 Å². The molecule has 1 aliphatic rings. The Hall–Kier alpha value is -2.80. The number of hydrogen-bond acceptors (Lipinski definition) is 3. The van der Waals surface area contributed by atoms with Crippen molar-refractivity contribution in [1.29, 1.82) is 0 Å². The molecule has 0 saturated carbocycles. The predicted octanol–water partition coefficient (Wildman–Crippen LogP) is 2.23. The molecule has 0 spiro atoms. The number of hydrogen-bond donors (Lipinski definition) is 3. The van der Waals surface area contributed by atoms with Gasteiger partial charge in [-0.15, -0.1) is 0 Å². The second-order valence-electron chi connectivity index (χ2n) is 7.64. The Bertz CT molecular complexity index is 890. The van der Waals surface area contributed by atoms with Gasteiger partial charge in [0.15, 0.2) is 11.5 Å². The average Bonchev–Trinajstić information content (AvgIpc) is 2.72. The molecule has 3 atom stereocenters. The molecule has 0 aliphatic carbocycles. The summed E-state index contributed by atoms with van der Waals surface area (Å²) >= 11 is 0. The van der Waals surface area contributed by atoms with E-state index >= 15 is 0 Å². The number of rotatable bonds is 7. The Morgan fingerprint density at radius 3 is 2.63 bits per heavy atom. The van der Waals surface area contributed by atoms with Crippen LogP contribution in [0.1, 0.15) is 36.6 Å². The summed E-state index contributed by atoms with van der Waals surface area (Å²) in [6.45, 7) is 5.99. The van der Waals surface area contributed by atoms with Gasteiger partial charge in [-0.3, -0.25) is 0 Å². The minimum Gasteiger partial charge on any atom is -0.493 e. The lowest BCUT2D eigenvalue weighted by Crippen LogP contribution is -3.13. The van der Waals surface area contributed by atoms with E-state index in [0.717, 1.165) is 24.1 Å². The number of methoxy groups -OCH3 is 2. The van der Waals surface area contributed by atoms with Crippen LogP contribution >= 0.6 is 0 Å². The van der Waals surface area contributed by atoms with Gasteiger partial charge < -0.3 is 25.0 Å². The van der Waals surface area contributed by atoms with Crippen molar-refractivity contribution in [3.05, 3.63) is 58.9 Å². The van der Waals surface area contributed by atoms with Gasteiger partial charge in [-0.25, -0.2) is 9.18 Å². The third kappa shape index (κ3) is 4.84. The van der Waals surface area contributed by atoms with E-state index in [4.69, 9.17) is 9.47 Å². The smallest absolute Gasteiger partial charge is 0.315 e. The van der Waals surface area contributed by atoms with Crippen molar-refractivity contribution in [1.82, 2.24) is 10.6 Å². The summed E-state index contributed by atoms with van der Waals surface area (Å²) in [5.74, 6) is 1.13. The van der Waals surface area contributed by atoms with E-state index in [9.17, 15) is 9.18 Å². The fourth-order valence-corrected chi connectivity index (χ4v) is 4.35. The summed E-state index contributed by atoms with van der Waals surface area (Å²) in [4.78, 5) is 13.5. The summed E-state index contributed by atoms with van der Waals surface area (Å²) in [6.07, 6.45) is 0.866. The minimum absolute atomic E-state index is 0.0144. The molecular weight excluding hydrogens is 385 g/mol. The SMILES string of the molecule is CCNC(=O)N[C@@H](C)[C@H]1c2cc(OC)c(OC)cc2CC[NH+]1Cc1cccc(F)c1. The minimum atomic E-state index is -0.235. The molecule has 0 aromatic heterocycles. The Morgan fingerprint density at radius 2 is 1.97 bits per heavy atom. The van der Waals surface area contributed by atoms with Crippen molar-refractivity contribution in [2.45, 2.75) is 38.9 Å².